The van der Waals surface area contributed by atoms with Gasteiger partial charge < -0.3 is 15.4 Å². The lowest BCUT2D eigenvalue weighted by molar-refractivity contribution is -0.127. The van der Waals surface area contributed by atoms with Gasteiger partial charge in [0.1, 0.15) is 5.75 Å². The molecule has 1 aromatic carbocycles. The number of carbonyl (C=O) groups is 2. The van der Waals surface area contributed by atoms with Gasteiger partial charge in [-0.2, -0.15) is 0 Å². The van der Waals surface area contributed by atoms with Crippen LogP contribution in [0.5, 0.6) is 5.75 Å². The molecule has 0 aromatic heterocycles. The molecule has 2 N–H and O–H groups in total. The molecule has 0 saturated carbocycles. The Morgan fingerprint density at radius 1 is 1.43 bits per heavy atom. The third-order valence-corrected chi connectivity index (χ3v) is 3.49. The second kappa shape index (κ2) is 7.11. The zero-order valence-electron chi connectivity index (χ0n) is 12.6. The molecular weight excluding hydrogens is 268 g/mol. The Kier molecular flexibility index (Phi) is 5.20. The SMILES string of the molecule is CCCCNC(=O)C(C)Oc1ccc2c(c1)NC(=O)CC2. The fourth-order valence-corrected chi connectivity index (χ4v) is 2.21. The molecule has 5 heteroatoms. The van der Waals surface area contributed by atoms with Crippen molar-refractivity contribution in [1.29, 1.82) is 0 Å². The van der Waals surface area contributed by atoms with E-state index in [2.05, 4.69) is 17.6 Å². The van der Waals surface area contributed by atoms with Gasteiger partial charge in [0.05, 0.1) is 0 Å². The van der Waals surface area contributed by atoms with E-state index < -0.39 is 6.10 Å². The van der Waals surface area contributed by atoms with Crippen LogP contribution in [0.3, 0.4) is 0 Å². The topological polar surface area (TPSA) is 67.4 Å². The summed E-state index contributed by atoms with van der Waals surface area (Å²) in [6, 6.07) is 5.56. The van der Waals surface area contributed by atoms with E-state index in [1.54, 1.807) is 13.0 Å². The lowest BCUT2D eigenvalue weighted by Gasteiger charge is -2.19. The highest BCUT2D eigenvalue weighted by Crippen LogP contribution is 2.27. The van der Waals surface area contributed by atoms with Crippen LogP contribution in [0.4, 0.5) is 5.69 Å². The minimum absolute atomic E-state index is 0.0185. The van der Waals surface area contributed by atoms with Crippen LogP contribution < -0.4 is 15.4 Å². The molecular formula is C16H22N2O3. The van der Waals surface area contributed by atoms with Crippen molar-refractivity contribution in [1.82, 2.24) is 5.32 Å². The van der Waals surface area contributed by atoms with Gasteiger partial charge in [0.2, 0.25) is 5.91 Å². The predicted molar refractivity (Wildman–Crippen MR) is 81.4 cm³/mol. The van der Waals surface area contributed by atoms with E-state index in [0.717, 1.165) is 30.5 Å². The Labute approximate surface area is 125 Å². The number of nitrogens with one attached hydrogen (secondary N) is 2. The molecule has 0 aliphatic carbocycles. The van der Waals surface area contributed by atoms with Crippen molar-refractivity contribution in [3.8, 4) is 5.75 Å². The summed E-state index contributed by atoms with van der Waals surface area (Å²) in [7, 11) is 0. The number of unbranched alkanes of at least 4 members (excludes halogenated alkanes) is 1. The quantitative estimate of drug-likeness (QED) is 0.790. The first kappa shape index (κ1) is 15.4. The molecule has 0 bridgehead atoms. The lowest BCUT2D eigenvalue weighted by Crippen LogP contribution is -2.36. The number of ether oxygens (including phenoxy) is 1. The van der Waals surface area contributed by atoms with Crippen molar-refractivity contribution in [3.63, 3.8) is 0 Å². The number of hydrogen-bond acceptors (Lipinski definition) is 3. The first-order valence-electron chi connectivity index (χ1n) is 7.47. The van der Waals surface area contributed by atoms with Crippen LogP contribution in [-0.2, 0) is 16.0 Å². The molecule has 1 unspecified atom stereocenters. The van der Waals surface area contributed by atoms with Crippen LogP contribution in [0, 0.1) is 0 Å². The minimum Gasteiger partial charge on any atom is -0.481 e. The van der Waals surface area contributed by atoms with Crippen LogP contribution in [0.25, 0.3) is 0 Å². The smallest absolute Gasteiger partial charge is 0.260 e. The first-order chi connectivity index (χ1) is 10.1. The summed E-state index contributed by atoms with van der Waals surface area (Å²) in [5.74, 6) is 0.490. The second-order valence-electron chi connectivity index (χ2n) is 5.27. The highest BCUT2D eigenvalue weighted by molar-refractivity contribution is 5.94. The van der Waals surface area contributed by atoms with Gasteiger partial charge in [-0.1, -0.05) is 19.4 Å². The molecule has 5 nitrogen and oxygen atoms in total. The number of amides is 2. The fourth-order valence-electron chi connectivity index (χ4n) is 2.21. The van der Waals surface area contributed by atoms with E-state index in [-0.39, 0.29) is 11.8 Å². The zero-order valence-corrected chi connectivity index (χ0v) is 12.6. The molecule has 0 radical (unpaired) electrons. The number of anilines is 1. The first-order valence-corrected chi connectivity index (χ1v) is 7.47. The Balaban J connectivity index is 1.95. The maximum atomic E-state index is 11.9. The van der Waals surface area contributed by atoms with Crippen molar-refractivity contribution >= 4 is 17.5 Å². The van der Waals surface area contributed by atoms with Crippen LogP contribution >= 0.6 is 0 Å². The molecule has 1 heterocycles. The Bertz CT molecular complexity index is 528. The van der Waals surface area contributed by atoms with E-state index in [0.29, 0.717) is 18.7 Å². The molecule has 1 aromatic rings. The zero-order chi connectivity index (χ0) is 15.2. The molecule has 2 amide bonds. The molecule has 1 aliphatic heterocycles. The molecule has 0 spiro atoms. The van der Waals surface area contributed by atoms with Crippen LogP contribution in [0.1, 0.15) is 38.7 Å². The number of hydrogen-bond donors (Lipinski definition) is 2. The van der Waals surface area contributed by atoms with E-state index in [9.17, 15) is 9.59 Å². The van der Waals surface area contributed by atoms with Gasteiger partial charge in [-0.15, -0.1) is 0 Å². The summed E-state index contributed by atoms with van der Waals surface area (Å²) < 4.78 is 5.64. The summed E-state index contributed by atoms with van der Waals surface area (Å²) in [5.41, 5.74) is 1.88. The molecule has 2 rings (SSSR count). The van der Waals surface area contributed by atoms with Gasteiger partial charge in [-0.05, 0) is 31.4 Å². The average Bonchev–Trinajstić information content (AvgIpc) is 2.46. The summed E-state index contributed by atoms with van der Waals surface area (Å²) in [6.07, 6.45) is 2.71. The number of fused-ring (bicyclic) bond motifs is 1. The Morgan fingerprint density at radius 3 is 3.00 bits per heavy atom. The van der Waals surface area contributed by atoms with Crippen molar-refractivity contribution in [2.24, 2.45) is 0 Å². The summed E-state index contributed by atoms with van der Waals surface area (Å²) in [4.78, 5) is 23.3. The largest absolute Gasteiger partial charge is 0.481 e. The standard InChI is InChI=1S/C16H22N2O3/c1-3-4-9-17-16(20)11(2)21-13-7-5-12-6-8-15(19)18-14(12)10-13/h5,7,10-11H,3-4,6,8-9H2,1-2H3,(H,17,20)(H,18,19). The fraction of sp³-hybridized carbons (Fsp3) is 0.500. The van der Waals surface area contributed by atoms with Crippen LogP contribution in [0.2, 0.25) is 0 Å². The molecule has 21 heavy (non-hydrogen) atoms. The van der Waals surface area contributed by atoms with E-state index in [4.69, 9.17) is 4.74 Å². The molecule has 0 fully saturated rings. The van der Waals surface area contributed by atoms with Gasteiger partial charge in [0.25, 0.3) is 5.91 Å². The third-order valence-electron chi connectivity index (χ3n) is 3.49. The molecule has 0 saturated heterocycles. The Hall–Kier alpha value is -2.04. The Morgan fingerprint density at radius 2 is 2.24 bits per heavy atom. The van der Waals surface area contributed by atoms with Crippen molar-refractivity contribution in [2.45, 2.75) is 45.6 Å². The highest BCUT2D eigenvalue weighted by atomic mass is 16.5. The van der Waals surface area contributed by atoms with E-state index in [1.807, 2.05) is 12.1 Å². The number of rotatable bonds is 6. The minimum atomic E-state index is -0.556. The summed E-state index contributed by atoms with van der Waals surface area (Å²) in [5, 5.41) is 5.66. The van der Waals surface area contributed by atoms with Crippen molar-refractivity contribution in [2.75, 3.05) is 11.9 Å². The van der Waals surface area contributed by atoms with Crippen molar-refractivity contribution < 1.29 is 14.3 Å². The number of carbonyl (C=O) groups excluding carboxylic acids is 2. The number of benzene rings is 1. The highest BCUT2D eigenvalue weighted by Gasteiger charge is 2.17. The summed E-state index contributed by atoms with van der Waals surface area (Å²) >= 11 is 0. The normalized spacial score (nSPS) is 14.9. The van der Waals surface area contributed by atoms with Gasteiger partial charge in [-0.3, -0.25) is 9.59 Å². The van der Waals surface area contributed by atoms with E-state index >= 15 is 0 Å². The summed E-state index contributed by atoms with van der Waals surface area (Å²) in [6.45, 7) is 4.47. The van der Waals surface area contributed by atoms with E-state index in [1.165, 1.54) is 0 Å². The average molecular weight is 290 g/mol. The maximum absolute atomic E-state index is 11.9. The maximum Gasteiger partial charge on any atom is 0.260 e. The van der Waals surface area contributed by atoms with Crippen molar-refractivity contribution in [3.05, 3.63) is 23.8 Å². The van der Waals surface area contributed by atoms with Crippen LogP contribution in [0.15, 0.2) is 18.2 Å². The van der Waals surface area contributed by atoms with Gasteiger partial charge in [0.15, 0.2) is 6.10 Å². The van der Waals surface area contributed by atoms with Gasteiger partial charge >= 0.3 is 0 Å². The third kappa shape index (κ3) is 4.21. The number of aryl methyl sites for hydroxylation is 1. The predicted octanol–water partition coefficient (Wildman–Crippen LogP) is 2.25. The van der Waals surface area contributed by atoms with Gasteiger partial charge in [0, 0.05) is 24.7 Å². The monoisotopic (exact) mass is 290 g/mol. The van der Waals surface area contributed by atoms with Crippen LogP contribution in [-0.4, -0.2) is 24.5 Å². The molecule has 114 valence electrons. The molecule has 1 atom stereocenters. The lowest BCUT2D eigenvalue weighted by atomic mass is 10.0. The molecule has 1 aliphatic rings. The van der Waals surface area contributed by atoms with Gasteiger partial charge in [-0.25, -0.2) is 0 Å². The second-order valence-corrected chi connectivity index (χ2v) is 5.27.